The van der Waals surface area contributed by atoms with Crippen LogP contribution in [0.2, 0.25) is 0 Å². The van der Waals surface area contributed by atoms with Gasteiger partial charge >= 0.3 is 0 Å². The zero-order chi connectivity index (χ0) is 7.14. The van der Waals surface area contributed by atoms with Crippen molar-refractivity contribution in [3.63, 3.8) is 0 Å². The van der Waals surface area contributed by atoms with Crippen molar-refractivity contribution < 1.29 is 9.53 Å². The van der Waals surface area contributed by atoms with Crippen LogP contribution in [0.4, 0.5) is 0 Å². The number of β-lactam (4-membered cyclic amide) rings is 1. The Morgan fingerprint density at radius 1 is 1.80 bits per heavy atom. The van der Waals surface area contributed by atoms with Gasteiger partial charge in [-0.2, -0.15) is 0 Å². The molecule has 2 heterocycles. The van der Waals surface area contributed by atoms with Gasteiger partial charge in [-0.05, 0) is 13.0 Å². The molecule has 0 aromatic rings. The van der Waals surface area contributed by atoms with E-state index in [4.69, 9.17) is 4.74 Å². The highest BCUT2D eigenvalue weighted by Crippen LogP contribution is 2.30. The summed E-state index contributed by atoms with van der Waals surface area (Å²) in [4.78, 5) is 12.5. The molecular formula is C7H9NO2. The average molecular weight is 139 g/mol. The van der Waals surface area contributed by atoms with Gasteiger partial charge in [0.25, 0.3) is 0 Å². The van der Waals surface area contributed by atoms with E-state index in [2.05, 4.69) is 0 Å². The van der Waals surface area contributed by atoms with Gasteiger partial charge in [0.05, 0.1) is 13.0 Å². The number of nitrogens with zero attached hydrogens (tertiary/aromatic N) is 1. The lowest BCUT2D eigenvalue weighted by atomic mass is 10.2. The van der Waals surface area contributed by atoms with Gasteiger partial charge in [-0.15, -0.1) is 0 Å². The van der Waals surface area contributed by atoms with Crippen LogP contribution >= 0.6 is 0 Å². The molecule has 1 atom stereocenters. The minimum atomic E-state index is 0.0682. The Morgan fingerprint density at radius 2 is 2.60 bits per heavy atom. The molecule has 0 N–H and O–H groups in total. The van der Waals surface area contributed by atoms with E-state index < -0.39 is 0 Å². The maximum atomic E-state index is 10.8. The molecule has 2 aliphatic rings. The summed E-state index contributed by atoms with van der Waals surface area (Å²) in [5, 5.41) is 0. The van der Waals surface area contributed by atoms with Crippen LogP contribution in [-0.2, 0) is 9.53 Å². The summed E-state index contributed by atoms with van der Waals surface area (Å²) in [5.74, 6) is 1.14. The number of ether oxygens (including phenoxy) is 1. The van der Waals surface area contributed by atoms with Crippen LogP contribution in [-0.4, -0.2) is 23.6 Å². The van der Waals surface area contributed by atoms with Crippen molar-refractivity contribution in [3.05, 3.63) is 11.8 Å². The minimum absolute atomic E-state index is 0.0682. The van der Waals surface area contributed by atoms with Gasteiger partial charge in [0.15, 0.2) is 6.23 Å². The third kappa shape index (κ3) is 0.574. The summed E-state index contributed by atoms with van der Waals surface area (Å²) in [6, 6.07) is 0. The molecule has 0 radical (unpaired) electrons. The van der Waals surface area contributed by atoms with Gasteiger partial charge in [-0.1, -0.05) is 0 Å². The molecule has 0 unspecified atom stereocenters. The number of amides is 1. The molecule has 0 spiro atoms. The molecule has 2 fully saturated rings. The van der Waals surface area contributed by atoms with Crippen molar-refractivity contribution in [3.8, 4) is 0 Å². The third-order valence-electron chi connectivity index (χ3n) is 1.95. The van der Waals surface area contributed by atoms with Gasteiger partial charge < -0.3 is 4.74 Å². The van der Waals surface area contributed by atoms with Gasteiger partial charge in [0.2, 0.25) is 5.91 Å². The first-order valence-corrected chi connectivity index (χ1v) is 3.42. The first kappa shape index (κ1) is 5.77. The van der Waals surface area contributed by atoms with Gasteiger partial charge in [-0.25, -0.2) is 0 Å². The largest absolute Gasteiger partial charge is 0.473 e. The predicted octanol–water partition coefficient (Wildman–Crippen LogP) is 0.479. The first-order chi connectivity index (χ1) is 4.81. The Hall–Kier alpha value is -0.990. The number of hydrogen-bond donors (Lipinski definition) is 0. The van der Waals surface area contributed by atoms with Crippen molar-refractivity contribution in [1.29, 1.82) is 0 Å². The Balaban J connectivity index is 2.12. The summed E-state index contributed by atoms with van der Waals surface area (Å²) in [5.41, 5.74) is 0. The average Bonchev–Trinajstić information content (AvgIpc) is 2.26. The molecule has 3 nitrogen and oxygen atoms in total. The SMILES string of the molecule is C/C=C1\CN2C(=O)C[C@H]2O1. The van der Waals surface area contributed by atoms with E-state index >= 15 is 0 Å². The fourth-order valence-corrected chi connectivity index (χ4v) is 1.26. The van der Waals surface area contributed by atoms with E-state index in [9.17, 15) is 4.79 Å². The molecule has 2 rings (SSSR count). The maximum absolute atomic E-state index is 10.8. The highest BCUT2D eigenvalue weighted by atomic mass is 16.5. The van der Waals surface area contributed by atoms with Crippen LogP contribution in [0.15, 0.2) is 11.8 Å². The zero-order valence-corrected chi connectivity index (χ0v) is 5.83. The van der Waals surface area contributed by atoms with Crippen molar-refractivity contribution in [2.75, 3.05) is 6.54 Å². The van der Waals surface area contributed by atoms with E-state index in [1.165, 1.54) is 0 Å². The summed E-state index contributed by atoms with van der Waals surface area (Å²) >= 11 is 0. The number of fused-ring (bicyclic) bond motifs is 1. The minimum Gasteiger partial charge on any atom is -0.473 e. The van der Waals surface area contributed by atoms with E-state index in [1.807, 2.05) is 13.0 Å². The van der Waals surface area contributed by atoms with Crippen LogP contribution in [0, 0.1) is 0 Å². The molecule has 0 aromatic heterocycles. The summed E-state index contributed by atoms with van der Waals surface area (Å²) in [6.45, 7) is 2.60. The van der Waals surface area contributed by atoms with E-state index in [-0.39, 0.29) is 12.1 Å². The fourth-order valence-electron chi connectivity index (χ4n) is 1.26. The molecule has 2 aliphatic heterocycles. The number of rotatable bonds is 0. The van der Waals surface area contributed by atoms with E-state index in [0.29, 0.717) is 13.0 Å². The molecule has 3 heteroatoms. The number of allylic oxidation sites excluding steroid dienone is 1. The van der Waals surface area contributed by atoms with E-state index in [0.717, 1.165) is 5.76 Å². The quantitative estimate of drug-likeness (QED) is 0.457. The molecule has 1 amide bonds. The topological polar surface area (TPSA) is 29.5 Å². The van der Waals surface area contributed by atoms with Gasteiger partial charge in [0.1, 0.15) is 5.76 Å². The maximum Gasteiger partial charge on any atom is 0.231 e. The predicted molar refractivity (Wildman–Crippen MR) is 35.0 cm³/mol. The fraction of sp³-hybridized carbons (Fsp3) is 0.571. The molecule has 0 aromatic carbocycles. The van der Waals surface area contributed by atoms with Crippen molar-refractivity contribution in [2.45, 2.75) is 19.6 Å². The van der Waals surface area contributed by atoms with Crippen LogP contribution in [0.3, 0.4) is 0 Å². The van der Waals surface area contributed by atoms with Crippen LogP contribution in [0.1, 0.15) is 13.3 Å². The lowest BCUT2D eigenvalue weighted by Gasteiger charge is -2.30. The summed E-state index contributed by atoms with van der Waals surface area (Å²) < 4.78 is 5.35. The Kier molecular flexibility index (Phi) is 1.01. The van der Waals surface area contributed by atoms with Gasteiger partial charge in [0, 0.05) is 0 Å². The van der Waals surface area contributed by atoms with Crippen LogP contribution in [0.25, 0.3) is 0 Å². The molecule has 0 saturated carbocycles. The van der Waals surface area contributed by atoms with Crippen molar-refractivity contribution >= 4 is 5.91 Å². The molecule has 54 valence electrons. The molecule has 0 bridgehead atoms. The summed E-state index contributed by atoms with van der Waals surface area (Å²) in [7, 11) is 0. The molecule has 2 saturated heterocycles. The highest BCUT2D eigenvalue weighted by molar-refractivity contribution is 5.83. The number of carbonyl (C=O) groups is 1. The number of hydrogen-bond acceptors (Lipinski definition) is 2. The lowest BCUT2D eigenvalue weighted by molar-refractivity contribution is -0.154. The van der Waals surface area contributed by atoms with E-state index in [1.54, 1.807) is 4.90 Å². The van der Waals surface area contributed by atoms with Crippen molar-refractivity contribution in [2.24, 2.45) is 0 Å². The Labute approximate surface area is 59.3 Å². The highest BCUT2D eigenvalue weighted by Gasteiger charge is 2.43. The lowest BCUT2D eigenvalue weighted by Crippen LogP contribution is -2.48. The smallest absolute Gasteiger partial charge is 0.231 e. The van der Waals surface area contributed by atoms with Crippen LogP contribution < -0.4 is 0 Å². The standard InChI is InChI=1S/C7H9NO2/c1-2-5-4-8-6(9)3-7(8)10-5/h2,7H,3-4H2,1H3/b5-2+/t7-/m1/s1. The third-order valence-corrected chi connectivity index (χ3v) is 1.95. The van der Waals surface area contributed by atoms with Crippen molar-refractivity contribution in [1.82, 2.24) is 4.90 Å². The number of carbonyl (C=O) groups excluding carboxylic acids is 1. The second-order valence-corrected chi connectivity index (χ2v) is 2.55. The molecule has 0 aliphatic carbocycles. The molecule has 10 heavy (non-hydrogen) atoms. The second kappa shape index (κ2) is 1.75. The summed E-state index contributed by atoms with van der Waals surface area (Å²) in [6.07, 6.45) is 2.54. The first-order valence-electron chi connectivity index (χ1n) is 3.42. The Morgan fingerprint density at radius 3 is 3.10 bits per heavy atom. The van der Waals surface area contributed by atoms with Gasteiger partial charge in [-0.3, -0.25) is 9.69 Å². The molecular weight excluding hydrogens is 130 g/mol. The monoisotopic (exact) mass is 139 g/mol. The normalized spacial score (nSPS) is 33.7. The Bertz CT molecular complexity index is 210. The second-order valence-electron chi connectivity index (χ2n) is 2.55. The van der Waals surface area contributed by atoms with Crippen LogP contribution in [0.5, 0.6) is 0 Å². The zero-order valence-electron chi connectivity index (χ0n) is 5.83.